The second-order valence-corrected chi connectivity index (χ2v) is 3.34. The van der Waals surface area contributed by atoms with Crippen molar-refractivity contribution in [2.24, 2.45) is 0 Å². The van der Waals surface area contributed by atoms with Gasteiger partial charge in [0.2, 0.25) is 0 Å². The van der Waals surface area contributed by atoms with E-state index in [1.54, 1.807) is 12.4 Å². The van der Waals surface area contributed by atoms with Gasteiger partial charge in [0.1, 0.15) is 0 Å². The summed E-state index contributed by atoms with van der Waals surface area (Å²) in [6.07, 6.45) is 10.4. The maximum absolute atomic E-state index is 9.82. The van der Waals surface area contributed by atoms with Gasteiger partial charge in [-0.1, -0.05) is 0 Å². The third kappa shape index (κ3) is 2.86. The molecular formula is C12H15NO. The molecule has 0 bridgehead atoms. The van der Waals surface area contributed by atoms with Gasteiger partial charge in [-0.05, 0) is 31.4 Å². The summed E-state index contributed by atoms with van der Waals surface area (Å²) in [5, 5.41) is 9.82. The van der Waals surface area contributed by atoms with Crippen molar-refractivity contribution in [3.8, 4) is 12.3 Å². The molecule has 2 heteroatoms. The minimum Gasteiger partial charge on any atom is -0.388 e. The van der Waals surface area contributed by atoms with Crippen molar-refractivity contribution in [1.82, 2.24) is 4.98 Å². The first-order chi connectivity index (χ1) is 6.75. The van der Waals surface area contributed by atoms with Gasteiger partial charge in [0.05, 0.1) is 6.10 Å². The number of hydrogen-bond donors (Lipinski definition) is 1. The molecule has 0 saturated heterocycles. The molecule has 0 aliphatic carbocycles. The highest BCUT2D eigenvalue weighted by Crippen LogP contribution is 2.20. The maximum Gasteiger partial charge on any atom is 0.0807 e. The molecule has 1 atom stereocenters. The van der Waals surface area contributed by atoms with E-state index in [9.17, 15) is 5.11 Å². The van der Waals surface area contributed by atoms with Crippen LogP contribution in [0, 0.1) is 19.3 Å². The number of aryl methyl sites for hydroxylation is 1. The lowest BCUT2D eigenvalue weighted by Gasteiger charge is -2.11. The fourth-order valence-electron chi connectivity index (χ4n) is 1.38. The predicted octanol–water partition coefficient (Wildman–Crippen LogP) is 2.23. The lowest BCUT2D eigenvalue weighted by Crippen LogP contribution is -2.00. The van der Waals surface area contributed by atoms with Crippen LogP contribution in [0.3, 0.4) is 0 Å². The van der Waals surface area contributed by atoms with Crippen LogP contribution >= 0.6 is 0 Å². The van der Waals surface area contributed by atoms with E-state index in [2.05, 4.69) is 10.9 Å². The molecule has 1 rings (SSSR count). The number of aliphatic hydroxyl groups is 1. The van der Waals surface area contributed by atoms with Gasteiger partial charge < -0.3 is 5.11 Å². The Morgan fingerprint density at radius 1 is 1.64 bits per heavy atom. The predicted molar refractivity (Wildman–Crippen MR) is 56.6 cm³/mol. The number of rotatable bonds is 4. The molecule has 1 unspecified atom stereocenters. The lowest BCUT2D eigenvalue weighted by molar-refractivity contribution is 0.164. The number of hydrogen-bond acceptors (Lipinski definition) is 2. The van der Waals surface area contributed by atoms with Crippen LogP contribution < -0.4 is 0 Å². The Morgan fingerprint density at radius 3 is 3.07 bits per heavy atom. The second kappa shape index (κ2) is 5.41. The van der Waals surface area contributed by atoms with Crippen molar-refractivity contribution in [2.75, 3.05) is 0 Å². The maximum atomic E-state index is 9.82. The van der Waals surface area contributed by atoms with E-state index in [0.717, 1.165) is 24.0 Å². The van der Waals surface area contributed by atoms with E-state index in [-0.39, 0.29) is 0 Å². The molecule has 14 heavy (non-hydrogen) atoms. The first-order valence-electron chi connectivity index (χ1n) is 4.77. The van der Waals surface area contributed by atoms with Gasteiger partial charge in [-0.15, -0.1) is 12.3 Å². The zero-order chi connectivity index (χ0) is 10.4. The van der Waals surface area contributed by atoms with Crippen LogP contribution in [0.2, 0.25) is 0 Å². The van der Waals surface area contributed by atoms with Crippen LogP contribution in [-0.4, -0.2) is 10.1 Å². The molecule has 0 aliphatic rings. The molecule has 0 aromatic carbocycles. The third-order valence-corrected chi connectivity index (χ3v) is 2.24. The molecule has 0 aliphatic heterocycles. The molecule has 1 aromatic heterocycles. The van der Waals surface area contributed by atoms with Crippen LogP contribution in [0.25, 0.3) is 0 Å². The molecule has 2 nitrogen and oxygen atoms in total. The quantitative estimate of drug-likeness (QED) is 0.582. The summed E-state index contributed by atoms with van der Waals surface area (Å²) in [5.74, 6) is 2.56. The normalized spacial score (nSPS) is 12.1. The highest BCUT2D eigenvalue weighted by Gasteiger charge is 2.09. The molecule has 0 radical (unpaired) electrons. The SMILES string of the molecule is C#CCCCC(O)c1cnccc1C. The third-order valence-electron chi connectivity index (χ3n) is 2.24. The van der Waals surface area contributed by atoms with Gasteiger partial charge >= 0.3 is 0 Å². The van der Waals surface area contributed by atoms with Gasteiger partial charge in [0.25, 0.3) is 0 Å². The van der Waals surface area contributed by atoms with E-state index in [0.29, 0.717) is 6.42 Å². The van der Waals surface area contributed by atoms with Crippen molar-refractivity contribution < 1.29 is 5.11 Å². The Labute approximate surface area is 85.0 Å². The summed E-state index contributed by atoms with van der Waals surface area (Å²) < 4.78 is 0. The van der Waals surface area contributed by atoms with Crippen LogP contribution in [0.5, 0.6) is 0 Å². The smallest absolute Gasteiger partial charge is 0.0807 e. The summed E-state index contributed by atoms with van der Waals surface area (Å²) in [6.45, 7) is 1.97. The van der Waals surface area contributed by atoms with Gasteiger partial charge in [0.15, 0.2) is 0 Å². The van der Waals surface area contributed by atoms with E-state index in [1.807, 2.05) is 13.0 Å². The molecule has 0 fully saturated rings. The van der Waals surface area contributed by atoms with Gasteiger partial charge in [0, 0.05) is 24.4 Å². The molecule has 0 saturated carbocycles. The van der Waals surface area contributed by atoms with Crippen LogP contribution in [-0.2, 0) is 0 Å². The number of unbranched alkanes of at least 4 members (excludes halogenated alkanes) is 1. The zero-order valence-electron chi connectivity index (χ0n) is 8.40. The Kier molecular flexibility index (Phi) is 4.15. The summed E-state index contributed by atoms with van der Waals surface area (Å²) in [4.78, 5) is 3.99. The zero-order valence-corrected chi connectivity index (χ0v) is 8.40. The molecule has 1 N–H and O–H groups in total. The van der Waals surface area contributed by atoms with Crippen molar-refractivity contribution in [3.05, 3.63) is 29.6 Å². The average molecular weight is 189 g/mol. The highest BCUT2D eigenvalue weighted by atomic mass is 16.3. The average Bonchev–Trinajstić information content (AvgIpc) is 2.18. The summed E-state index contributed by atoms with van der Waals surface area (Å²) in [7, 11) is 0. The van der Waals surface area contributed by atoms with Crippen molar-refractivity contribution in [2.45, 2.75) is 32.3 Å². The monoisotopic (exact) mass is 189 g/mol. The van der Waals surface area contributed by atoms with Gasteiger partial charge in [-0.25, -0.2) is 0 Å². The van der Waals surface area contributed by atoms with E-state index < -0.39 is 6.10 Å². The van der Waals surface area contributed by atoms with E-state index >= 15 is 0 Å². The first kappa shape index (κ1) is 10.7. The van der Waals surface area contributed by atoms with Gasteiger partial charge in [-0.2, -0.15) is 0 Å². The standard InChI is InChI=1S/C12H15NO/c1-3-4-5-6-12(14)11-9-13-8-7-10(11)2/h1,7-9,12,14H,4-6H2,2H3. The summed E-state index contributed by atoms with van der Waals surface area (Å²) in [6, 6.07) is 1.90. The molecule has 1 heterocycles. The molecular weight excluding hydrogens is 174 g/mol. The van der Waals surface area contributed by atoms with Crippen molar-refractivity contribution >= 4 is 0 Å². The van der Waals surface area contributed by atoms with E-state index in [1.165, 1.54) is 0 Å². The Hall–Kier alpha value is -1.33. The Bertz CT molecular complexity index is 327. The van der Waals surface area contributed by atoms with Crippen LogP contribution in [0.1, 0.15) is 36.5 Å². The van der Waals surface area contributed by atoms with Crippen LogP contribution in [0.4, 0.5) is 0 Å². The minimum atomic E-state index is -0.433. The number of pyridine rings is 1. The van der Waals surface area contributed by atoms with Crippen LogP contribution in [0.15, 0.2) is 18.5 Å². The van der Waals surface area contributed by atoms with Gasteiger partial charge in [-0.3, -0.25) is 4.98 Å². The summed E-state index contributed by atoms with van der Waals surface area (Å²) >= 11 is 0. The number of nitrogens with zero attached hydrogens (tertiary/aromatic N) is 1. The molecule has 0 spiro atoms. The Balaban J connectivity index is 2.57. The van der Waals surface area contributed by atoms with Crippen molar-refractivity contribution in [1.29, 1.82) is 0 Å². The second-order valence-electron chi connectivity index (χ2n) is 3.34. The molecule has 0 amide bonds. The number of aliphatic hydroxyl groups excluding tert-OH is 1. The number of terminal acetylenes is 1. The fraction of sp³-hybridized carbons (Fsp3) is 0.417. The minimum absolute atomic E-state index is 0.433. The Morgan fingerprint density at radius 2 is 2.43 bits per heavy atom. The molecule has 1 aromatic rings. The fourth-order valence-corrected chi connectivity index (χ4v) is 1.38. The lowest BCUT2D eigenvalue weighted by atomic mass is 10.0. The van der Waals surface area contributed by atoms with Crippen molar-refractivity contribution in [3.63, 3.8) is 0 Å². The first-order valence-corrected chi connectivity index (χ1v) is 4.77. The van der Waals surface area contributed by atoms with E-state index in [4.69, 9.17) is 6.42 Å². The largest absolute Gasteiger partial charge is 0.388 e. The topological polar surface area (TPSA) is 33.1 Å². The summed E-state index contributed by atoms with van der Waals surface area (Å²) in [5.41, 5.74) is 1.98. The molecule has 74 valence electrons. The number of aromatic nitrogens is 1. The highest BCUT2D eigenvalue weighted by molar-refractivity contribution is 5.23.